The summed E-state index contributed by atoms with van der Waals surface area (Å²) in [6, 6.07) is 0. The first-order chi connectivity index (χ1) is 8.72. The molecule has 0 radical (unpaired) electrons. The zero-order chi connectivity index (χ0) is 13.2. The van der Waals surface area contributed by atoms with Crippen molar-refractivity contribution in [2.24, 2.45) is 5.92 Å². The van der Waals surface area contributed by atoms with E-state index in [0.29, 0.717) is 6.54 Å². The van der Waals surface area contributed by atoms with Crippen LogP contribution in [0.15, 0.2) is 0 Å². The van der Waals surface area contributed by atoms with E-state index >= 15 is 0 Å². The Kier molecular flexibility index (Phi) is 8.01. The lowest BCUT2D eigenvalue weighted by Gasteiger charge is -2.30. The molecule has 0 aromatic rings. The maximum absolute atomic E-state index is 11.4. The van der Waals surface area contributed by atoms with Crippen LogP contribution in [0.1, 0.15) is 39.5 Å². The third-order valence-electron chi connectivity index (χ3n) is 3.56. The average molecular weight is 255 g/mol. The van der Waals surface area contributed by atoms with Crippen LogP contribution in [0.25, 0.3) is 0 Å². The minimum Gasteiger partial charge on any atom is -0.355 e. The van der Waals surface area contributed by atoms with Gasteiger partial charge in [-0.15, -0.1) is 0 Å². The number of hydrogen-bond donors (Lipinski definition) is 2. The summed E-state index contributed by atoms with van der Waals surface area (Å²) in [4.78, 5) is 13.9. The normalized spacial score (nSPS) is 17.9. The predicted octanol–water partition coefficient (Wildman–Crippen LogP) is 1.22. The van der Waals surface area contributed by atoms with E-state index in [-0.39, 0.29) is 5.91 Å². The van der Waals surface area contributed by atoms with Crippen molar-refractivity contribution in [2.75, 3.05) is 39.3 Å². The zero-order valence-corrected chi connectivity index (χ0v) is 12.0. The Hall–Kier alpha value is -0.610. The molecule has 2 N–H and O–H groups in total. The van der Waals surface area contributed by atoms with Gasteiger partial charge >= 0.3 is 0 Å². The number of likely N-dealkylation sites (tertiary alicyclic amines) is 1. The molecule has 4 heteroatoms. The van der Waals surface area contributed by atoms with E-state index in [9.17, 15) is 4.79 Å². The van der Waals surface area contributed by atoms with E-state index in [1.165, 1.54) is 25.9 Å². The van der Waals surface area contributed by atoms with Gasteiger partial charge in [-0.05, 0) is 57.8 Å². The number of nitrogens with zero attached hydrogens (tertiary/aromatic N) is 1. The van der Waals surface area contributed by atoms with Gasteiger partial charge in [-0.3, -0.25) is 4.79 Å². The molecule has 0 atom stereocenters. The fourth-order valence-electron chi connectivity index (χ4n) is 2.26. The predicted molar refractivity (Wildman–Crippen MR) is 75.6 cm³/mol. The highest BCUT2D eigenvalue weighted by Crippen LogP contribution is 2.15. The van der Waals surface area contributed by atoms with Gasteiger partial charge < -0.3 is 15.5 Å². The topological polar surface area (TPSA) is 44.4 Å². The molecule has 1 fully saturated rings. The summed E-state index contributed by atoms with van der Waals surface area (Å²) >= 11 is 0. The van der Waals surface area contributed by atoms with Crippen LogP contribution in [0, 0.1) is 5.92 Å². The van der Waals surface area contributed by atoms with Crippen LogP contribution in [0.5, 0.6) is 0 Å². The van der Waals surface area contributed by atoms with Crippen molar-refractivity contribution in [3.8, 4) is 0 Å². The third-order valence-corrected chi connectivity index (χ3v) is 3.56. The first-order valence-electron chi connectivity index (χ1n) is 7.42. The number of carbonyl (C=O) groups excluding carboxylic acids is 1. The molecule has 1 rings (SSSR count). The van der Waals surface area contributed by atoms with E-state index < -0.39 is 0 Å². The molecule has 4 nitrogen and oxygen atoms in total. The molecule has 1 aliphatic heterocycles. The zero-order valence-electron chi connectivity index (χ0n) is 12.0. The molecule has 106 valence electrons. The van der Waals surface area contributed by atoms with Crippen LogP contribution in [0.3, 0.4) is 0 Å². The van der Waals surface area contributed by atoms with Gasteiger partial charge in [-0.2, -0.15) is 0 Å². The van der Waals surface area contributed by atoms with Crippen molar-refractivity contribution >= 4 is 5.91 Å². The SMILES string of the molecule is CCCNCC(=O)NCCCN1CCC(C)CC1. The van der Waals surface area contributed by atoms with Crippen molar-refractivity contribution in [3.05, 3.63) is 0 Å². The van der Waals surface area contributed by atoms with Crippen molar-refractivity contribution in [2.45, 2.75) is 39.5 Å². The first-order valence-corrected chi connectivity index (χ1v) is 7.42. The second kappa shape index (κ2) is 9.34. The van der Waals surface area contributed by atoms with E-state index in [2.05, 4.69) is 29.4 Å². The highest BCUT2D eigenvalue weighted by Gasteiger charge is 2.14. The molecule has 1 heterocycles. The summed E-state index contributed by atoms with van der Waals surface area (Å²) in [5.74, 6) is 1.02. The van der Waals surface area contributed by atoms with Gasteiger partial charge in [0.15, 0.2) is 0 Å². The summed E-state index contributed by atoms with van der Waals surface area (Å²) < 4.78 is 0. The van der Waals surface area contributed by atoms with Crippen LogP contribution in [-0.2, 0) is 4.79 Å². The number of amides is 1. The fraction of sp³-hybridized carbons (Fsp3) is 0.929. The Balaban J connectivity index is 1.93. The summed E-state index contributed by atoms with van der Waals surface area (Å²) in [6.07, 6.45) is 4.79. The molecule has 18 heavy (non-hydrogen) atoms. The standard InChI is InChI=1S/C14H29N3O/c1-3-7-15-12-14(18)16-8-4-9-17-10-5-13(2)6-11-17/h13,15H,3-12H2,1-2H3,(H,16,18). The van der Waals surface area contributed by atoms with Gasteiger partial charge in [0.25, 0.3) is 0 Å². The Morgan fingerprint density at radius 3 is 2.67 bits per heavy atom. The second-order valence-electron chi connectivity index (χ2n) is 5.40. The molecule has 0 bridgehead atoms. The molecule has 1 amide bonds. The van der Waals surface area contributed by atoms with Gasteiger partial charge in [0.05, 0.1) is 6.54 Å². The van der Waals surface area contributed by atoms with E-state index in [1.54, 1.807) is 0 Å². The minimum atomic E-state index is 0.121. The Morgan fingerprint density at radius 2 is 2.00 bits per heavy atom. The van der Waals surface area contributed by atoms with Gasteiger partial charge in [-0.1, -0.05) is 13.8 Å². The van der Waals surface area contributed by atoms with Gasteiger partial charge in [0.2, 0.25) is 5.91 Å². The van der Waals surface area contributed by atoms with Crippen molar-refractivity contribution in [3.63, 3.8) is 0 Å². The fourth-order valence-corrected chi connectivity index (χ4v) is 2.26. The lowest BCUT2D eigenvalue weighted by atomic mass is 9.99. The maximum atomic E-state index is 11.4. The molecule has 0 saturated carbocycles. The summed E-state index contributed by atoms with van der Waals surface area (Å²) in [5.41, 5.74) is 0. The van der Waals surface area contributed by atoms with E-state index in [4.69, 9.17) is 0 Å². The molecule has 0 unspecified atom stereocenters. The van der Waals surface area contributed by atoms with Crippen molar-refractivity contribution in [1.82, 2.24) is 15.5 Å². The van der Waals surface area contributed by atoms with Crippen LogP contribution < -0.4 is 10.6 Å². The number of rotatable bonds is 8. The quantitative estimate of drug-likeness (QED) is 0.641. The van der Waals surface area contributed by atoms with Crippen LogP contribution >= 0.6 is 0 Å². The molecule has 1 aliphatic rings. The largest absolute Gasteiger partial charge is 0.355 e. The lowest BCUT2D eigenvalue weighted by molar-refractivity contribution is -0.120. The summed E-state index contributed by atoms with van der Waals surface area (Å²) in [6.45, 7) is 10.2. The van der Waals surface area contributed by atoms with E-state index in [1.807, 2.05) is 0 Å². The van der Waals surface area contributed by atoms with Gasteiger partial charge in [0, 0.05) is 6.54 Å². The first kappa shape index (κ1) is 15.4. The Bertz CT molecular complexity index is 225. The summed E-state index contributed by atoms with van der Waals surface area (Å²) in [5, 5.41) is 6.07. The number of hydrogen-bond acceptors (Lipinski definition) is 3. The maximum Gasteiger partial charge on any atom is 0.233 e. The monoisotopic (exact) mass is 255 g/mol. The summed E-state index contributed by atoms with van der Waals surface area (Å²) in [7, 11) is 0. The van der Waals surface area contributed by atoms with Crippen LogP contribution in [0.4, 0.5) is 0 Å². The van der Waals surface area contributed by atoms with Crippen molar-refractivity contribution in [1.29, 1.82) is 0 Å². The van der Waals surface area contributed by atoms with Crippen molar-refractivity contribution < 1.29 is 4.79 Å². The molecule has 0 aliphatic carbocycles. The van der Waals surface area contributed by atoms with Gasteiger partial charge in [0.1, 0.15) is 0 Å². The molecular weight excluding hydrogens is 226 g/mol. The van der Waals surface area contributed by atoms with E-state index in [0.717, 1.165) is 38.4 Å². The molecule has 0 aromatic carbocycles. The molecule has 0 spiro atoms. The lowest BCUT2D eigenvalue weighted by Crippen LogP contribution is -2.37. The number of nitrogens with one attached hydrogen (secondary N) is 2. The molecule has 1 saturated heterocycles. The number of piperidine rings is 1. The van der Waals surface area contributed by atoms with Crippen LogP contribution in [0.2, 0.25) is 0 Å². The molecule has 0 aromatic heterocycles. The minimum absolute atomic E-state index is 0.121. The Morgan fingerprint density at radius 1 is 1.28 bits per heavy atom. The molecular formula is C14H29N3O. The van der Waals surface area contributed by atoms with Gasteiger partial charge in [-0.25, -0.2) is 0 Å². The Labute approximate surface area is 111 Å². The highest BCUT2D eigenvalue weighted by atomic mass is 16.1. The average Bonchev–Trinajstić information content (AvgIpc) is 2.37. The smallest absolute Gasteiger partial charge is 0.233 e. The second-order valence-corrected chi connectivity index (χ2v) is 5.40. The third kappa shape index (κ3) is 6.97. The van der Waals surface area contributed by atoms with Crippen LogP contribution in [-0.4, -0.2) is 50.1 Å². The highest BCUT2D eigenvalue weighted by molar-refractivity contribution is 5.77. The number of carbonyl (C=O) groups is 1.